The summed E-state index contributed by atoms with van der Waals surface area (Å²) in [5.74, 6) is -0.251. The van der Waals surface area contributed by atoms with Gasteiger partial charge in [-0.3, -0.25) is 14.3 Å². The molecule has 0 radical (unpaired) electrons. The standard InChI is InChI=1S/C15H20N2O5S/c1-10-3-5-12-11(9-10)4-6-13(22-12)15(19)16-8-7-14(18)17-23(2,20)21/h3,5,9,13H,4,6-8H2,1-2H3,(H,16,19)(H,17,18)/t13-/m0/s1. The van der Waals surface area contributed by atoms with E-state index in [2.05, 4.69) is 5.32 Å². The van der Waals surface area contributed by atoms with Crippen LogP contribution < -0.4 is 14.8 Å². The van der Waals surface area contributed by atoms with Gasteiger partial charge in [-0.1, -0.05) is 17.7 Å². The number of rotatable bonds is 5. The number of sulfonamides is 1. The second-order valence-corrected chi connectivity index (χ2v) is 7.34. The maximum absolute atomic E-state index is 12.1. The van der Waals surface area contributed by atoms with E-state index in [4.69, 9.17) is 4.74 Å². The molecule has 1 aliphatic rings. The molecule has 1 atom stereocenters. The number of nitrogens with one attached hydrogen (secondary N) is 2. The number of carbonyl (C=O) groups excluding carboxylic acids is 2. The van der Waals surface area contributed by atoms with Gasteiger partial charge in [0, 0.05) is 13.0 Å². The fraction of sp³-hybridized carbons (Fsp3) is 0.467. The normalized spacial score (nSPS) is 16.9. The number of benzene rings is 1. The van der Waals surface area contributed by atoms with Crippen molar-refractivity contribution in [2.75, 3.05) is 12.8 Å². The maximum Gasteiger partial charge on any atom is 0.261 e. The van der Waals surface area contributed by atoms with Crippen molar-refractivity contribution < 1.29 is 22.7 Å². The monoisotopic (exact) mass is 340 g/mol. The number of fused-ring (bicyclic) bond motifs is 1. The first kappa shape index (κ1) is 17.3. The SMILES string of the molecule is Cc1ccc2c(c1)CC[C@@H](C(=O)NCCC(=O)NS(C)(=O)=O)O2. The molecule has 2 amide bonds. The summed E-state index contributed by atoms with van der Waals surface area (Å²) in [6, 6.07) is 5.82. The highest BCUT2D eigenvalue weighted by molar-refractivity contribution is 7.89. The Bertz CT molecular complexity index is 715. The molecular formula is C15H20N2O5S. The van der Waals surface area contributed by atoms with Crippen LogP contribution in [0, 0.1) is 6.92 Å². The van der Waals surface area contributed by atoms with Gasteiger partial charge in [0.15, 0.2) is 6.10 Å². The molecule has 0 saturated carbocycles. The number of ether oxygens (including phenoxy) is 1. The summed E-state index contributed by atoms with van der Waals surface area (Å²) >= 11 is 0. The van der Waals surface area contributed by atoms with Gasteiger partial charge >= 0.3 is 0 Å². The lowest BCUT2D eigenvalue weighted by atomic mass is 10.00. The van der Waals surface area contributed by atoms with Crippen LogP contribution >= 0.6 is 0 Å². The molecule has 126 valence electrons. The molecule has 1 aromatic carbocycles. The van der Waals surface area contributed by atoms with Crippen LogP contribution in [0.3, 0.4) is 0 Å². The summed E-state index contributed by atoms with van der Waals surface area (Å²) < 4.78 is 29.3. The molecule has 8 heteroatoms. The van der Waals surface area contributed by atoms with Gasteiger partial charge < -0.3 is 10.1 Å². The molecule has 0 bridgehead atoms. The van der Waals surface area contributed by atoms with E-state index in [1.807, 2.05) is 29.8 Å². The van der Waals surface area contributed by atoms with Gasteiger partial charge in [-0.15, -0.1) is 0 Å². The average Bonchev–Trinajstić information content (AvgIpc) is 2.44. The molecule has 2 rings (SSSR count). The van der Waals surface area contributed by atoms with E-state index in [0.29, 0.717) is 12.2 Å². The van der Waals surface area contributed by atoms with E-state index < -0.39 is 22.0 Å². The van der Waals surface area contributed by atoms with E-state index in [0.717, 1.165) is 23.8 Å². The Morgan fingerprint density at radius 3 is 2.78 bits per heavy atom. The van der Waals surface area contributed by atoms with Crippen molar-refractivity contribution in [3.63, 3.8) is 0 Å². The van der Waals surface area contributed by atoms with E-state index in [-0.39, 0.29) is 18.9 Å². The predicted molar refractivity (Wildman–Crippen MR) is 84.5 cm³/mol. The van der Waals surface area contributed by atoms with Gasteiger partial charge in [-0.25, -0.2) is 8.42 Å². The Hall–Kier alpha value is -2.09. The van der Waals surface area contributed by atoms with Gasteiger partial charge in [0.25, 0.3) is 5.91 Å². The van der Waals surface area contributed by atoms with Gasteiger partial charge in [-0.2, -0.15) is 0 Å². The van der Waals surface area contributed by atoms with Crippen LogP contribution in [0.4, 0.5) is 0 Å². The predicted octanol–water partition coefficient (Wildman–Crippen LogP) is 0.271. The minimum atomic E-state index is -3.57. The van der Waals surface area contributed by atoms with E-state index in [9.17, 15) is 18.0 Å². The summed E-state index contributed by atoms with van der Waals surface area (Å²) in [7, 11) is -3.57. The third kappa shape index (κ3) is 5.24. The third-order valence-electron chi connectivity index (χ3n) is 3.40. The second-order valence-electron chi connectivity index (χ2n) is 5.59. The van der Waals surface area contributed by atoms with Crippen molar-refractivity contribution in [3.8, 4) is 5.75 Å². The first-order chi connectivity index (χ1) is 10.7. The van der Waals surface area contributed by atoms with Crippen molar-refractivity contribution in [1.29, 1.82) is 0 Å². The van der Waals surface area contributed by atoms with E-state index in [1.165, 1.54) is 0 Å². The van der Waals surface area contributed by atoms with E-state index in [1.54, 1.807) is 0 Å². The summed E-state index contributed by atoms with van der Waals surface area (Å²) in [5, 5.41) is 2.59. The highest BCUT2D eigenvalue weighted by Crippen LogP contribution is 2.28. The first-order valence-electron chi connectivity index (χ1n) is 7.29. The topological polar surface area (TPSA) is 102 Å². The molecule has 1 aromatic rings. The minimum Gasteiger partial charge on any atom is -0.480 e. The van der Waals surface area contributed by atoms with Gasteiger partial charge in [0.05, 0.1) is 6.26 Å². The number of amides is 2. The van der Waals surface area contributed by atoms with Crippen LogP contribution in [0.25, 0.3) is 0 Å². The number of aryl methyl sites for hydroxylation is 2. The molecule has 0 aliphatic carbocycles. The molecule has 0 aromatic heterocycles. The fourth-order valence-corrected chi connectivity index (χ4v) is 2.89. The molecule has 0 spiro atoms. The number of carbonyl (C=O) groups is 2. The summed E-state index contributed by atoms with van der Waals surface area (Å²) in [6.45, 7) is 2.06. The van der Waals surface area contributed by atoms with Crippen molar-refractivity contribution in [1.82, 2.24) is 10.0 Å². The highest BCUT2D eigenvalue weighted by atomic mass is 32.2. The second kappa shape index (κ2) is 6.99. The Labute approximate surface area is 135 Å². The smallest absolute Gasteiger partial charge is 0.261 e. The van der Waals surface area contributed by atoms with Gasteiger partial charge in [0.1, 0.15) is 5.75 Å². The average molecular weight is 340 g/mol. The lowest BCUT2D eigenvalue weighted by Gasteiger charge is -2.25. The molecule has 1 aliphatic heterocycles. The van der Waals surface area contributed by atoms with Crippen LogP contribution in [0.2, 0.25) is 0 Å². The van der Waals surface area contributed by atoms with Gasteiger partial charge in [0.2, 0.25) is 15.9 Å². The van der Waals surface area contributed by atoms with Crippen molar-refractivity contribution in [2.24, 2.45) is 0 Å². The van der Waals surface area contributed by atoms with Crippen LogP contribution in [-0.2, 0) is 26.0 Å². The molecular weight excluding hydrogens is 320 g/mol. The molecule has 23 heavy (non-hydrogen) atoms. The van der Waals surface area contributed by atoms with Crippen LogP contribution in [0.5, 0.6) is 5.75 Å². The number of hydrogen-bond donors (Lipinski definition) is 2. The van der Waals surface area contributed by atoms with Crippen LogP contribution in [0.1, 0.15) is 24.0 Å². The Kier molecular flexibility index (Phi) is 5.25. The Morgan fingerprint density at radius 1 is 1.35 bits per heavy atom. The first-order valence-corrected chi connectivity index (χ1v) is 9.18. The Balaban J connectivity index is 1.81. The maximum atomic E-state index is 12.1. The highest BCUT2D eigenvalue weighted by Gasteiger charge is 2.25. The summed E-state index contributed by atoms with van der Waals surface area (Å²) in [5.41, 5.74) is 2.23. The van der Waals surface area contributed by atoms with Gasteiger partial charge in [-0.05, 0) is 31.4 Å². The van der Waals surface area contributed by atoms with Crippen molar-refractivity contribution in [3.05, 3.63) is 29.3 Å². The molecule has 0 fully saturated rings. The fourth-order valence-electron chi connectivity index (χ4n) is 2.37. The molecule has 0 unspecified atom stereocenters. The zero-order valence-corrected chi connectivity index (χ0v) is 13.9. The van der Waals surface area contributed by atoms with E-state index >= 15 is 0 Å². The minimum absolute atomic E-state index is 0.0564. The zero-order valence-electron chi connectivity index (χ0n) is 13.1. The summed E-state index contributed by atoms with van der Waals surface area (Å²) in [4.78, 5) is 23.4. The quantitative estimate of drug-likeness (QED) is 0.801. The van der Waals surface area contributed by atoms with Crippen molar-refractivity contribution in [2.45, 2.75) is 32.3 Å². The lowest BCUT2D eigenvalue weighted by molar-refractivity contribution is -0.128. The van der Waals surface area contributed by atoms with Crippen LogP contribution in [-0.4, -0.2) is 39.1 Å². The van der Waals surface area contributed by atoms with Crippen molar-refractivity contribution >= 4 is 21.8 Å². The van der Waals surface area contributed by atoms with Crippen LogP contribution in [0.15, 0.2) is 18.2 Å². The third-order valence-corrected chi connectivity index (χ3v) is 4.00. The number of hydrogen-bond acceptors (Lipinski definition) is 5. The molecule has 7 nitrogen and oxygen atoms in total. The Morgan fingerprint density at radius 2 is 2.09 bits per heavy atom. The molecule has 0 saturated heterocycles. The zero-order chi connectivity index (χ0) is 17.0. The molecule has 1 heterocycles. The largest absolute Gasteiger partial charge is 0.480 e. The lowest BCUT2D eigenvalue weighted by Crippen LogP contribution is -2.42. The summed E-state index contributed by atoms with van der Waals surface area (Å²) in [6.07, 6.45) is 1.52. The molecule has 2 N–H and O–H groups in total.